The summed E-state index contributed by atoms with van der Waals surface area (Å²) in [7, 11) is 0. The zero-order valence-electron chi connectivity index (χ0n) is 13.9. The second-order valence-electron chi connectivity index (χ2n) is 5.50. The molecule has 1 N–H and O–H groups in total. The quantitative estimate of drug-likeness (QED) is 0.502. The Balaban J connectivity index is 1.96. The van der Waals surface area contributed by atoms with Crippen molar-refractivity contribution in [1.82, 2.24) is 5.32 Å². The lowest BCUT2D eigenvalue weighted by Gasteiger charge is -2.26. The van der Waals surface area contributed by atoms with Crippen LogP contribution in [0.25, 0.3) is 6.08 Å². The number of rotatable bonds is 4. The number of urea groups is 1. The van der Waals surface area contributed by atoms with Crippen molar-refractivity contribution < 1.29 is 19.1 Å². The van der Waals surface area contributed by atoms with Gasteiger partial charge in [-0.3, -0.25) is 14.9 Å². The van der Waals surface area contributed by atoms with Crippen LogP contribution >= 0.6 is 11.6 Å². The lowest BCUT2D eigenvalue weighted by Crippen LogP contribution is -2.54. The smallest absolute Gasteiger partial charge is 0.335 e. The Hall–Kier alpha value is -3.56. The predicted molar refractivity (Wildman–Crippen MR) is 101 cm³/mol. The average Bonchev–Trinajstić information content (AvgIpc) is 2.64. The molecule has 6 nitrogen and oxygen atoms in total. The maximum atomic E-state index is 12.8. The molecular formula is C20H13ClN2O4. The topological polar surface area (TPSA) is 75.7 Å². The normalized spacial score (nSPS) is 15.5. The van der Waals surface area contributed by atoms with Gasteiger partial charge >= 0.3 is 6.03 Å². The molecular weight excluding hydrogens is 368 g/mol. The Morgan fingerprint density at radius 3 is 2.67 bits per heavy atom. The molecule has 1 fully saturated rings. The zero-order chi connectivity index (χ0) is 19.4. The molecule has 2 aromatic carbocycles. The van der Waals surface area contributed by atoms with Gasteiger partial charge in [-0.05, 0) is 42.0 Å². The minimum absolute atomic E-state index is 0.0937. The van der Waals surface area contributed by atoms with Gasteiger partial charge in [-0.15, -0.1) is 6.42 Å². The van der Waals surface area contributed by atoms with Crippen LogP contribution in [0.4, 0.5) is 10.5 Å². The van der Waals surface area contributed by atoms with E-state index in [4.69, 9.17) is 22.8 Å². The van der Waals surface area contributed by atoms with Gasteiger partial charge in [0.25, 0.3) is 11.8 Å². The van der Waals surface area contributed by atoms with Crippen LogP contribution in [0.1, 0.15) is 5.56 Å². The number of imide groups is 2. The van der Waals surface area contributed by atoms with Crippen molar-refractivity contribution in [3.05, 3.63) is 64.7 Å². The Kier molecular flexibility index (Phi) is 5.25. The first-order chi connectivity index (χ1) is 13.0. The first kappa shape index (κ1) is 18.2. The van der Waals surface area contributed by atoms with Crippen molar-refractivity contribution in [2.24, 2.45) is 0 Å². The lowest BCUT2D eigenvalue weighted by molar-refractivity contribution is -0.122. The summed E-state index contributed by atoms with van der Waals surface area (Å²) in [5, 5.41) is 2.51. The molecule has 1 aliphatic heterocycles. The predicted octanol–water partition coefficient (Wildman–Crippen LogP) is 3.02. The van der Waals surface area contributed by atoms with Crippen molar-refractivity contribution in [3.8, 4) is 18.1 Å². The largest absolute Gasteiger partial charge is 0.481 e. The molecule has 3 rings (SSSR count). The van der Waals surface area contributed by atoms with Crippen LogP contribution in [-0.4, -0.2) is 24.5 Å². The van der Waals surface area contributed by atoms with E-state index in [9.17, 15) is 14.4 Å². The molecule has 0 unspecified atom stereocenters. The number of hydrogen-bond acceptors (Lipinski definition) is 4. The first-order valence-electron chi connectivity index (χ1n) is 7.83. The summed E-state index contributed by atoms with van der Waals surface area (Å²) in [6, 6.07) is 12.1. The second-order valence-corrected chi connectivity index (χ2v) is 5.94. The van der Waals surface area contributed by atoms with Gasteiger partial charge in [0.05, 0.1) is 5.69 Å². The number of carbonyl (C=O) groups is 3. The van der Waals surface area contributed by atoms with E-state index < -0.39 is 17.8 Å². The molecule has 1 aliphatic rings. The van der Waals surface area contributed by atoms with Crippen LogP contribution in [0.2, 0.25) is 5.02 Å². The van der Waals surface area contributed by atoms with E-state index in [0.29, 0.717) is 16.3 Å². The zero-order valence-corrected chi connectivity index (χ0v) is 14.7. The third-order valence-corrected chi connectivity index (χ3v) is 3.89. The van der Waals surface area contributed by atoms with Gasteiger partial charge in [-0.25, -0.2) is 9.69 Å². The van der Waals surface area contributed by atoms with Crippen molar-refractivity contribution in [1.29, 1.82) is 0 Å². The van der Waals surface area contributed by atoms with E-state index in [-0.39, 0.29) is 17.9 Å². The molecule has 7 heteroatoms. The molecule has 0 saturated carbocycles. The summed E-state index contributed by atoms with van der Waals surface area (Å²) in [6.45, 7) is 0.0937. The van der Waals surface area contributed by atoms with Crippen molar-refractivity contribution in [3.63, 3.8) is 0 Å². The molecule has 0 bridgehead atoms. The number of carbonyl (C=O) groups excluding carboxylic acids is 3. The van der Waals surface area contributed by atoms with Crippen LogP contribution in [-0.2, 0) is 9.59 Å². The molecule has 1 saturated heterocycles. The average molecular weight is 381 g/mol. The van der Waals surface area contributed by atoms with E-state index in [1.54, 1.807) is 42.5 Å². The maximum Gasteiger partial charge on any atom is 0.335 e. The standard InChI is InChI=1S/C20H13ClN2O4/c1-2-9-27-16-8-3-5-13(10-16)11-17-18(24)22-20(26)23(19(17)25)15-7-4-6-14(21)12-15/h1,3-8,10-12H,9H2,(H,22,24,26)/b17-11-. The van der Waals surface area contributed by atoms with Crippen LogP contribution in [0.3, 0.4) is 0 Å². The SMILES string of the molecule is C#CCOc1cccc(/C=C2/C(=O)NC(=O)N(c3cccc(Cl)c3)C2=O)c1. The van der Waals surface area contributed by atoms with Crippen molar-refractivity contribution in [2.45, 2.75) is 0 Å². The minimum Gasteiger partial charge on any atom is -0.481 e. The van der Waals surface area contributed by atoms with Gasteiger partial charge in [0.2, 0.25) is 0 Å². The molecule has 2 aromatic rings. The van der Waals surface area contributed by atoms with Crippen LogP contribution < -0.4 is 15.0 Å². The summed E-state index contributed by atoms with van der Waals surface area (Å²) >= 11 is 5.93. The van der Waals surface area contributed by atoms with E-state index in [1.807, 2.05) is 0 Å². The molecule has 0 atom stereocenters. The third kappa shape index (κ3) is 4.00. The number of nitrogens with zero attached hydrogens (tertiary/aromatic N) is 1. The van der Waals surface area contributed by atoms with Gasteiger partial charge < -0.3 is 4.74 Å². The van der Waals surface area contributed by atoms with E-state index in [0.717, 1.165) is 4.90 Å². The summed E-state index contributed by atoms with van der Waals surface area (Å²) < 4.78 is 5.33. The van der Waals surface area contributed by atoms with Crippen LogP contribution in [0.15, 0.2) is 54.1 Å². The highest BCUT2D eigenvalue weighted by Crippen LogP contribution is 2.25. The molecule has 27 heavy (non-hydrogen) atoms. The number of anilines is 1. The van der Waals surface area contributed by atoms with E-state index >= 15 is 0 Å². The molecule has 134 valence electrons. The number of nitrogens with one attached hydrogen (secondary N) is 1. The Morgan fingerprint density at radius 2 is 1.93 bits per heavy atom. The van der Waals surface area contributed by atoms with Crippen LogP contribution in [0, 0.1) is 12.3 Å². The monoisotopic (exact) mass is 380 g/mol. The third-order valence-electron chi connectivity index (χ3n) is 3.66. The number of amides is 4. The van der Waals surface area contributed by atoms with Gasteiger partial charge in [0.1, 0.15) is 17.9 Å². The Labute approximate surface area is 160 Å². The fourth-order valence-corrected chi connectivity index (χ4v) is 2.68. The summed E-state index contributed by atoms with van der Waals surface area (Å²) in [6.07, 6.45) is 6.54. The number of halogens is 1. The number of benzene rings is 2. The highest BCUT2D eigenvalue weighted by atomic mass is 35.5. The van der Waals surface area contributed by atoms with E-state index in [1.165, 1.54) is 12.1 Å². The fraction of sp³-hybridized carbons (Fsp3) is 0.0500. The molecule has 1 heterocycles. The van der Waals surface area contributed by atoms with Crippen LogP contribution in [0.5, 0.6) is 5.75 Å². The molecule has 0 aromatic heterocycles. The Bertz CT molecular complexity index is 1010. The lowest BCUT2D eigenvalue weighted by atomic mass is 10.1. The number of barbiturate groups is 1. The number of terminal acetylenes is 1. The first-order valence-corrected chi connectivity index (χ1v) is 8.21. The van der Waals surface area contributed by atoms with Gasteiger partial charge in [0, 0.05) is 5.02 Å². The maximum absolute atomic E-state index is 12.8. The summed E-state index contributed by atoms with van der Waals surface area (Å²) in [5.41, 5.74) is 0.613. The van der Waals surface area contributed by atoms with Gasteiger partial charge in [0.15, 0.2) is 0 Å². The highest BCUT2D eigenvalue weighted by molar-refractivity contribution is 6.39. The number of ether oxygens (including phenoxy) is 1. The Morgan fingerprint density at radius 1 is 1.15 bits per heavy atom. The van der Waals surface area contributed by atoms with Gasteiger partial charge in [-0.2, -0.15) is 0 Å². The second kappa shape index (κ2) is 7.77. The molecule has 4 amide bonds. The fourth-order valence-electron chi connectivity index (χ4n) is 2.49. The highest BCUT2D eigenvalue weighted by Gasteiger charge is 2.36. The molecule has 0 aliphatic carbocycles. The number of hydrogen-bond donors (Lipinski definition) is 1. The van der Waals surface area contributed by atoms with Crippen molar-refractivity contribution >= 4 is 41.2 Å². The molecule has 0 spiro atoms. The minimum atomic E-state index is -0.837. The summed E-state index contributed by atoms with van der Waals surface area (Å²) in [4.78, 5) is 38.0. The summed E-state index contributed by atoms with van der Waals surface area (Å²) in [5.74, 6) is 1.32. The van der Waals surface area contributed by atoms with Crippen molar-refractivity contribution in [2.75, 3.05) is 11.5 Å². The molecule has 0 radical (unpaired) electrons. The van der Waals surface area contributed by atoms with Gasteiger partial charge in [-0.1, -0.05) is 35.7 Å². The van der Waals surface area contributed by atoms with E-state index in [2.05, 4.69) is 11.2 Å².